The van der Waals surface area contributed by atoms with E-state index in [-0.39, 0.29) is 16.5 Å². The molecule has 0 bridgehead atoms. The summed E-state index contributed by atoms with van der Waals surface area (Å²) in [6.07, 6.45) is -4.62. The third-order valence-electron chi connectivity index (χ3n) is 1.76. The van der Waals surface area contributed by atoms with Gasteiger partial charge in [-0.15, -0.1) is 0 Å². The first-order valence-corrected chi connectivity index (χ1v) is 6.42. The highest BCUT2D eigenvalue weighted by molar-refractivity contribution is 7.90. The van der Waals surface area contributed by atoms with Crippen molar-refractivity contribution in [2.45, 2.75) is 13.1 Å². The summed E-state index contributed by atoms with van der Waals surface area (Å²) >= 11 is 5.56. The molecule has 0 aliphatic carbocycles. The number of halogens is 4. The Labute approximate surface area is 107 Å². The molecule has 10 heteroatoms. The Morgan fingerprint density at radius 2 is 2.00 bits per heavy atom. The normalized spacial score (nSPS) is 12.5. The van der Waals surface area contributed by atoms with Crippen LogP contribution in [0.2, 0.25) is 5.15 Å². The fourth-order valence-electron chi connectivity index (χ4n) is 0.996. The molecule has 0 aromatic carbocycles. The van der Waals surface area contributed by atoms with E-state index in [1.165, 1.54) is 23.8 Å². The number of anilines is 1. The smallest absolute Gasteiger partial charge is 0.269 e. The standard InChI is InChI=1S/C8H9ClF3N3O2S/c1-5-6(2-3-7(9)14-5)15-18(16,17)13-4-8(10,11)12/h2-3,13,15H,4H2,1H3. The largest absolute Gasteiger partial charge is 0.402 e. The van der Waals surface area contributed by atoms with Gasteiger partial charge in [-0.3, -0.25) is 4.72 Å². The number of hydrogen-bond acceptors (Lipinski definition) is 3. The molecule has 1 aromatic rings. The van der Waals surface area contributed by atoms with E-state index in [1.807, 2.05) is 4.72 Å². The first kappa shape index (κ1) is 15.0. The molecule has 0 aliphatic rings. The third kappa shape index (κ3) is 5.07. The van der Waals surface area contributed by atoms with Gasteiger partial charge in [0.05, 0.1) is 11.4 Å². The molecule has 0 saturated carbocycles. The number of pyridine rings is 1. The molecule has 0 unspecified atom stereocenters. The Bertz CT molecular complexity index is 533. The summed E-state index contributed by atoms with van der Waals surface area (Å²) in [4.78, 5) is 3.76. The number of rotatable bonds is 4. The summed E-state index contributed by atoms with van der Waals surface area (Å²) < 4.78 is 61.5. The van der Waals surface area contributed by atoms with Crippen molar-refractivity contribution in [3.8, 4) is 0 Å². The zero-order chi connectivity index (χ0) is 14.0. The number of hydrogen-bond donors (Lipinski definition) is 2. The molecule has 18 heavy (non-hydrogen) atoms. The van der Waals surface area contributed by atoms with E-state index >= 15 is 0 Å². The molecule has 0 fully saturated rings. The van der Waals surface area contributed by atoms with Gasteiger partial charge in [0.2, 0.25) is 0 Å². The molecule has 0 radical (unpaired) electrons. The van der Waals surface area contributed by atoms with Crippen LogP contribution in [0.3, 0.4) is 0 Å². The van der Waals surface area contributed by atoms with Crippen LogP contribution in [0, 0.1) is 6.92 Å². The molecule has 102 valence electrons. The van der Waals surface area contributed by atoms with Gasteiger partial charge < -0.3 is 0 Å². The van der Waals surface area contributed by atoms with E-state index in [9.17, 15) is 21.6 Å². The molecule has 0 spiro atoms. The fraction of sp³-hybridized carbons (Fsp3) is 0.375. The van der Waals surface area contributed by atoms with Crippen LogP contribution >= 0.6 is 11.6 Å². The van der Waals surface area contributed by atoms with Gasteiger partial charge in [-0.2, -0.15) is 26.3 Å². The summed E-state index contributed by atoms with van der Waals surface area (Å²) in [5.41, 5.74) is 0.300. The Morgan fingerprint density at radius 1 is 1.39 bits per heavy atom. The summed E-state index contributed by atoms with van der Waals surface area (Å²) in [6, 6.07) is 2.62. The zero-order valence-corrected chi connectivity index (χ0v) is 10.6. The van der Waals surface area contributed by atoms with Gasteiger partial charge in [0.15, 0.2) is 0 Å². The lowest BCUT2D eigenvalue weighted by molar-refractivity contribution is -0.121. The molecule has 1 rings (SSSR count). The Kier molecular flexibility index (Phi) is 4.41. The highest BCUT2D eigenvalue weighted by atomic mass is 35.5. The first-order valence-electron chi connectivity index (χ1n) is 4.56. The first-order chi connectivity index (χ1) is 8.09. The Balaban J connectivity index is 2.77. The maximum Gasteiger partial charge on any atom is 0.402 e. The van der Waals surface area contributed by atoms with Crippen molar-refractivity contribution in [2.75, 3.05) is 11.3 Å². The van der Waals surface area contributed by atoms with Gasteiger partial charge in [-0.25, -0.2) is 4.98 Å². The number of nitrogens with one attached hydrogen (secondary N) is 2. The van der Waals surface area contributed by atoms with Gasteiger partial charge in [0.1, 0.15) is 11.7 Å². The van der Waals surface area contributed by atoms with Gasteiger partial charge >= 0.3 is 6.18 Å². The van der Waals surface area contributed by atoms with Crippen molar-refractivity contribution in [1.82, 2.24) is 9.71 Å². The molecule has 0 saturated heterocycles. The summed E-state index contributed by atoms with van der Waals surface area (Å²) in [5.74, 6) is 0. The van der Waals surface area contributed by atoms with E-state index in [2.05, 4.69) is 4.98 Å². The topological polar surface area (TPSA) is 71.1 Å². The van der Waals surface area contributed by atoms with Crippen LogP contribution in [0.15, 0.2) is 12.1 Å². The minimum atomic E-state index is -4.62. The van der Waals surface area contributed by atoms with Crippen LogP contribution in [-0.2, 0) is 10.2 Å². The molecule has 0 amide bonds. The minimum absolute atomic E-state index is 0.0501. The van der Waals surface area contributed by atoms with Crippen molar-refractivity contribution in [3.63, 3.8) is 0 Å². The van der Waals surface area contributed by atoms with Crippen LogP contribution in [-0.4, -0.2) is 26.1 Å². The lowest BCUT2D eigenvalue weighted by atomic mass is 10.3. The predicted molar refractivity (Wildman–Crippen MR) is 60.6 cm³/mol. The number of aromatic nitrogens is 1. The van der Waals surface area contributed by atoms with Gasteiger partial charge in [-0.05, 0) is 19.1 Å². The van der Waals surface area contributed by atoms with Crippen LogP contribution < -0.4 is 9.44 Å². The van der Waals surface area contributed by atoms with Crippen molar-refractivity contribution < 1.29 is 21.6 Å². The number of nitrogens with zero attached hydrogens (tertiary/aromatic N) is 1. The molecular formula is C8H9ClF3N3O2S. The van der Waals surface area contributed by atoms with Crippen LogP contribution in [0.25, 0.3) is 0 Å². The van der Waals surface area contributed by atoms with Gasteiger partial charge in [-0.1, -0.05) is 11.6 Å². The molecule has 1 aromatic heterocycles. The molecule has 1 heterocycles. The van der Waals surface area contributed by atoms with E-state index < -0.39 is 22.9 Å². The summed E-state index contributed by atoms with van der Waals surface area (Å²) in [6.45, 7) is -0.185. The van der Waals surface area contributed by atoms with Crippen molar-refractivity contribution in [1.29, 1.82) is 0 Å². The Morgan fingerprint density at radius 3 is 2.50 bits per heavy atom. The fourth-order valence-corrected chi connectivity index (χ4v) is 2.12. The summed E-state index contributed by atoms with van der Waals surface area (Å²) in [5, 5.41) is 0.152. The van der Waals surface area contributed by atoms with Gasteiger partial charge in [0.25, 0.3) is 10.2 Å². The maximum absolute atomic E-state index is 11.9. The van der Waals surface area contributed by atoms with Crippen LogP contribution in [0.4, 0.5) is 18.9 Å². The van der Waals surface area contributed by atoms with Crippen molar-refractivity contribution >= 4 is 27.5 Å². The Hall–Kier alpha value is -1.06. The number of alkyl halides is 3. The molecule has 0 aliphatic heterocycles. The van der Waals surface area contributed by atoms with E-state index in [0.717, 1.165) is 0 Å². The average molecular weight is 304 g/mol. The quantitative estimate of drug-likeness (QED) is 0.834. The molecular weight excluding hydrogens is 295 g/mol. The lowest BCUT2D eigenvalue weighted by Crippen LogP contribution is -2.37. The highest BCUT2D eigenvalue weighted by Crippen LogP contribution is 2.17. The molecule has 5 nitrogen and oxygen atoms in total. The second-order valence-corrected chi connectivity index (χ2v) is 5.20. The number of aryl methyl sites for hydroxylation is 1. The SMILES string of the molecule is Cc1nc(Cl)ccc1NS(=O)(=O)NCC(F)(F)F. The van der Waals surface area contributed by atoms with Gasteiger partial charge in [0, 0.05) is 0 Å². The summed E-state index contributed by atoms with van der Waals surface area (Å²) in [7, 11) is -4.31. The molecule has 2 N–H and O–H groups in total. The van der Waals surface area contributed by atoms with E-state index in [1.54, 1.807) is 0 Å². The predicted octanol–water partition coefficient (Wildman–Crippen LogP) is 1.85. The third-order valence-corrected chi connectivity index (χ3v) is 2.98. The second-order valence-electron chi connectivity index (χ2n) is 3.31. The second kappa shape index (κ2) is 5.29. The maximum atomic E-state index is 11.9. The van der Waals surface area contributed by atoms with E-state index in [4.69, 9.17) is 11.6 Å². The minimum Gasteiger partial charge on any atom is -0.269 e. The zero-order valence-electron chi connectivity index (χ0n) is 9.05. The monoisotopic (exact) mass is 303 g/mol. The van der Waals surface area contributed by atoms with E-state index in [0.29, 0.717) is 0 Å². The lowest BCUT2D eigenvalue weighted by Gasteiger charge is -2.12. The van der Waals surface area contributed by atoms with Crippen LogP contribution in [0.5, 0.6) is 0 Å². The van der Waals surface area contributed by atoms with Crippen molar-refractivity contribution in [2.24, 2.45) is 0 Å². The molecule has 0 atom stereocenters. The van der Waals surface area contributed by atoms with Crippen LogP contribution in [0.1, 0.15) is 5.69 Å². The van der Waals surface area contributed by atoms with Crippen molar-refractivity contribution in [3.05, 3.63) is 23.0 Å². The average Bonchev–Trinajstić information content (AvgIpc) is 2.19. The highest BCUT2D eigenvalue weighted by Gasteiger charge is 2.29.